The van der Waals surface area contributed by atoms with Crippen molar-refractivity contribution in [1.29, 1.82) is 0 Å². The minimum absolute atomic E-state index is 0.00213. The van der Waals surface area contributed by atoms with Crippen LogP contribution in [-0.4, -0.2) is 34.5 Å². The van der Waals surface area contributed by atoms with Crippen molar-refractivity contribution in [2.24, 2.45) is 0 Å². The second kappa shape index (κ2) is 7.05. The van der Waals surface area contributed by atoms with Gasteiger partial charge in [-0.1, -0.05) is 0 Å². The SMILES string of the molecule is CC(C(=O)N(CCC(=O)O)C(C)C)c1ccc(Br)s1. The third-order valence-electron chi connectivity index (χ3n) is 2.86. The van der Waals surface area contributed by atoms with E-state index in [4.69, 9.17) is 5.11 Å². The van der Waals surface area contributed by atoms with Crippen LogP contribution in [0.15, 0.2) is 15.9 Å². The number of hydrogen-bond donors (Lipinski definition) is 1. The van der Waals surface area contributed by atoms with Crippen LogP contribution in [0.4, 0.5) is 0 Å². The van der Waals surface area contributed by atoms with E-state index < -0.39 is 5.97 Å². The van der Waals surface area contributed by atoms with E-state index in [0.717, 1.165) is 8.66 Å². The van der Waals surface area contributed by atoms with Crippen LogP contribution in [0.2, 0.25) is 0 Å². The van der Waals surface area contributed by atoms with Gasteiger partial charge in [0.15, 0.2) is 0 Å². The molecule has 19 heavy (non-hydrogen) atoms. The summed E-state index contributed by atoms with van der Waals surface area (Å²) in [6.45, 7) is 5.91. The van der Waals surface area contributed by atoms with Gasteiger partial charge in [0.25, 0.3) is 0 Å². The lowest BCUT2D eigenvalue weighted by Crippen LogP contribution is -2.40. The van der Waals surface area contributed by atoms with Crippen molar-refractivity contribution in [2.75, 3.05) is 6.54 Å². The van der Waals surface area contributed by atoms with Gasteiger partial charge in [0.1, 0.15) is 0 Å². The Morgan fingerprint density at radius 3 is 2.42 bits per heavy atom. The zero-order valence-corrected chi connectivity index (χ0v) is 13.6. The predicted octanol–water partition coefficient (Wildman–Crippen LogP) is 3.33. The molecule has 0 saturated heterocycles. The number of nitrogens with zero attached hydrogens (tertiary/aromatic N) is 1. The van der Waals surface area contributed by atoms with Gasteiger partial charge in [0.2, 0.25) is 5.91 Å². The van der Waals surface area contributed by atoms with Gasteiger partial charge in [-0.05, 0) is 48.8 Å². The number of aliphatic carboxylic acids is 1. The predicted molar refractivity (Wildman–Crippen MR) is 79.5 cm³/mol. The van der Waals surface area contributed by atoms with Gasteiger partial charge in [0.05, 0.1) is 16.1 Å². The lowest BCUT2D eigenvalue weighted by molar-refractivity contribution is -0.139. The molecule has 0 aromatic carbocycles. The summed E-state index contributed by atoms with van der Waals surface area (Å²) in [5.74, 6) is -1.15. The summed E-state index contributed by atoms with van der Waals surface area (Å²) in [7, 11) is 0. The second-order valence-electron chi connectivity index (χ2n) is 4.63. The number of carbonyl (C=O) groups excluding carboxylic acids is 1. The summed E-state index contributed by atoms with van der Waals surface area (Å²) in [5, 5.41) is 8.74. The van der Waals surface area contributed by atoms with Crippen molar-refractivity contribution >= 4 is 39.1 Å². The molecule has 1 unspecified atom stereocenters. The van der Waals surface area contributed by atoms with Crippen LogP contribution in [0.3, 0.4) is 0 Å². The maximum Gasteiger partial charge on any atom is 0.305 e. The van der Waals surface area contributed by atoms with Gasteiger partial charge in [-0.2, -0.15) is 0 Å². The second-order valence-corrected chi connectivity index (χ2v) is 7.13. The summed E-state index contributed by atoms with van der Waals surface area (Å²) in [6, 6.07) is 3.84. The average molecular weight is 348 g/mol. The molecule has 1 heterocycles. The molecule has 1 aromatic rings. The normalized spacial score (nSPS) is 12.5. The summed E-state index contributed by atoms with van der Waals surface area (Å²) < 4.78 is 0.990. The summed E-state index contributed by atoms with van der Waals surface area (Å²) in [4.78, 5) is 25.7. The molecule has 0 bridgehead atoms. The molecule has 0 saturated carbocycles. The fourth-order valence-corrected chi connectivity index (χ4v) is 3.24. The van der Waals surface area contributed by atoms with E-state index in [1.54, 1.807) is 4.90 Å². The Morgan fingerprint density at radius 2 is 2.00 bits per heavy atom. The van der Waals surface area contributed by atoms with Crippen molar-refractivity contribution in [3.63, 3.8) is 0 Å². The number of carboxylic acids is 1. The fourth-order valence-electron chi connectivity index (χ4n) is 1.77. The van der Waals surface area contributed by atoms with E-state index >= 15 is 0 Å². The highest BCUT2D eigenvalue weighted by molar-refractivity contribution is 9.11. The third kappa shape index (κ3) is 4.62. The van der Waals surface area contributed by atoms with E-state index in [0.29, 0.717) is 0 Å². The number of amides is 1. The molecule has 1 N–H and O–H groups in total. The Labute approximate surface area is 125 Å². The lowest BCUT2D eigenvalue weighted by Gasteiger charge is -2.28. The van der Waals surface area contributed by atoms with Gasteiger partial charge in [-0.15, -0.1) is 11.3 Å². The minimum Gasteiger partial charge on any atom is -0.481 e. The van der Waals surface area contributed by atoms with Crippen molar-refractivity contribution < 1.29 is 14.7 Å². The van der Waals surface area contributed by atoms with Crippen LogP contribution >= 0.6 is 27.3 Å². The van der Waals surface area contributed by atoms with Gasteiger partial charge in [-0.25, -0.2) is 0 Å². The van der Waals surface area contributed by atoms with E-state index in [1.165, 1.54) is 11.3 Å². The largest absolute Gasteiger partial charge is 0.481 e. The first-order valence-electron chi connectivity index (χ1n) is 6.10. The smallest absolute Gasteiger partial charge is 0.305 e. The van der Waals surface area contributed by atoms with Crippen LogP contribution in [0.1, 0.15) is 38.0 Å². The highest BCUT2D eigenvalue weighted by Crippen LogP contribution is 2.29. The number of hydrogen-bond acceptors (Lipinski definition) is 3. The Hall–Kier alpha value is -0.880. The first-order valence-corrected chi connectivity index (χ1v) is 7.71. The fraction of sp³-hybridized carbons (Fsp3) is 0.538. The molecule has 0 aliphatic heterocycles. The molecule has 1 atom stereocenters. The molecular weight excluding hydrogens is 330 g/mol. The summed E-state index contributed by atoms with van der Waals surface area (Å²) in [5.41, 5.74) is 0. The number of rotatable bonds is 6. The minimum atomic E-state index is -0.884. The molecule has 0 spiro atoms. The molecule has 0 radical (unpaired) electrons. The maximum absolute atomic E-state index is 12.4. The van der Waals surface area contributed by atoms with E-state index in [9.17, 15) is 9.59 Å². The molecular formula is C13H18BrNO3S. The quantitative estimate of drug-likeness (QED) is 0.858. The molecule has 0 fully saturated rings. The van der Waals surface area contributed by atoms with Crippen LogP contribution in [0.5, 0.6) is 0 Å². The van der Waals surface area contributed by atoms with Crippen LogP contribution in [-0.2, 0) is 9.59 Å². The first kappa shape index (κ1) is 16.2. The van der Waals surface area contributed by atoms with Crippen molar-refractivity contribution in [1.82, 2.24) is 4.90 Å². The number of thiophene rings is 1. The Morgan fingerprint density at radius 1 is 1.37 bits per heavy atom. The lowest BCUT2D eigenvalue weighted by atomic mass is 10.1. The zero-order chi connectivity index (χ0) is 14.6. The highest BCUT2D eigenvalue weighted by atomic mass is 79.9. The Balaban J connectivity index is 2.78. The van der Waals surface area contributed by atoms with E-state index in [1.807, 2.05) is 32.9 Å². The topological polar surface area (TPSA) is 57.6 Å². The van der Waals surface area contributed by atoms with Crippen LogP contribution < -0.4 is 0 Å². The molecule has 1 aromatic heterocycles. The Kier molecular flexibility index (Phi) is 6.00. The van der Waals surface area contributed by atoms with Crippen molar-refractivity contribution in [3.8, 4) is 0 Å². The van der Waals surface area contributed by atoms with Crippen LogP contribution in [0.25, 0.3) is 0 Å². The zero-order valence-electron chi connectivity index (χ0n) is 11.2. The molecule has 0 aliphatic carbocycles. The molecule has 106 valence electrons. The molecule has 0 aliphatic rings. The van der Waals surface area contributed by atoms with Crippen molar-refractivity contribution in [2.45, 2.75) is 39.2 Å². The summed E-state index contributed by atoms with van der Waals surface area (Å²) in [6.07, 6.45) is -0.0230. The number of carbonyl (C=O) groups is 2. The monoisotopic (exact) mass is 347 g/mol. The van der Waals surface area contributed by atoms with Gasteiger partial charge >= 0.3 is 5.97 Å². The van der Waals surface area contributed by atoms with Gasteiger partial charge in [-0.3, -0.25) is 9.59 Å². The molecule has 6 heteroatoms. The van der Waals surface area contributed by atoms with Gasteiger partial charge in [0, 0.05) is 17.5 Å². The average Bonchev–Trinajstić information content (AvgIpc) is 2.74. The summed E-state index contributed by atoms with van der Waals surface area (Å²) >= 11 is 4.91. The molecule has 1 amide bonds. The van der Waals surface area contributed by atoms with E-state index in [2.05, 4.69) is 15.9 Å². The van der Waals surface area contributed by atoms with Crippen molar-refractivity contribution in [3.05, 3.63) is 20.8 Å². The molecule has 1 rings (SSSR count). The van der Waals surface area contributed by atoms with Crippen LogP contribution in [0, 0.1) is 0 Å². The maximum atomic E-state index is 12.4. The molecule has 4 nitrogen and oxygen atoms in total. The first-order chi connectivity index (χ1) is 8.82. The number of halogens is 1. The standard InChI is InChI=1S/C13H18BrNO3S/c1-8(2)15(7-6-12(16)17)13(18)9(3)10-4-5-11(14)19-10/h4-5,8-9H,6-7H2,1-3H3,(H,16,17). The third-order valence-corrected chi connectivity index (χ3v) is 4.67. The Bertz CT molecular complexity index is 458. The highest BCUT2D eigenvalue weighted by Gasteiger charge is 2.25. The van der Waals surface area contributed by atoms with E-state index in [-0.39, 0.29) is 30.8 Å². The number of carboxylic acid groups (broad SMARTS) is 1. The van der Waals surface area contributed by atoms with Gasteiger partial charge < -0.3 is 10.0 Å².